The second-order valence-electron chi connectivity index (χ2n) is 4.47. The number of Topliss-reactive ketones (excluding diaryl/α,β-unsaturated/α-hetero) is 2. The standard InChI is InChI=1S/C12H18N2O2/c1-8(2)14-7-11(6-13-14)12(16)9(3)5-10(4)15/h6-9H,5H2,1-4H3. The molecule has 1 unspecified atom stereocenters. The van der Waals surface area contributed by atoms with Gasteiger partial charge in [-0.3, -0.25) is 9.48 Å². The van der Waals surface area contributed by atoms with Gasteiger partial charge in [0, 0.05) is 24.6 Å². The Labute approximate surface area is 95.6 Å². The van der Waals surface area contributed by atoms with Crippen molar-refractivity contribution in [2.75, 3.05) is 0 Å². The van der Waals surface area contributed by atoms with Gasteiger partial charge in [0.1, 0.15) is 5.78 Å². The Bertz CT molecular complexity index is 393. The van der Waals surface area contributed by atoms with Gasteiger partial charge >= 0.3 is 0 Å². The lowest BCUT2D eigenvalue weighted by atomic mass is 9.97. The van der Waals surface area contributed by atoms with Crippen LogP contribution in [-0.2, 0) is 4.79 Å². The first kappa shape index (κ1) is 12.6. The molecule has 16 heavy (non-hydrogen) atoms. The van der Waals surface area contributed by atoms with Crippen molar-refractivity contribution in [2.24, 2.45) is 5.92 Å². The smallest absolute Gasteiger partial charge is 0.169 e. The molecule has 0 aliphatic rings. The summed E-state index contributed by atoms with van der Waals surface area (Å²) < 4.78 is 1.74. The van der Waals surface area contributed by atoms with Crippen LogP contribution in [0.15, 0.2) is 12.4 Å². The molecule has 0 aliphatic heterocycles. The molecule has 0 radical (unpaired) electrons. The summed E-state index contributed by atoms with van der Waals surface area (Å²) >= 11 is 0. The Kier molecular flexibility index (Phi) is 3.99. The summed E-state index contributed by atoms with van der Waals surface area (Å²) in [5.74, 6) is -0.235. The minimum absolute atomic E-state index is 0.0119. The van der Waals surface area contributed by atoms with Gasteiger partial charge in [0.15, 0.2) is 5.78 Å². The van der Waals surface area contributed by atoms with E-state index in [1.165, 1.54) is 6.92 Å². The van der Waals surface area contributed by atoms with Crippen LogP contribution in [0.4, 0.5) is 0 Å². The Hall–Kier alpha value is -1.45. The van der Waals surface area contributed by atoms with Gasteiger partial charge in [-0.05, 0) is 20.8 Å². The van der Waals surface area contributed by atoms with Crippen LogP contribution in [0.1, 0.15) is 50.5 Å². The number of hydrogen-bond acceptors (Lipinski definition) is 3. The molecule has 1 aromatic heterocycles. The van der Waals surface area contributed by atoms with Gasteiger partial charge in [0.2, 0.25) is 0 Å². The van der Waals surface area contributed by atoms with E-state index in [1.54, 1.807) is 24.0 Å². The minimum Gasteiger partial charge on any atom is -0.300 e. The number of carbonyl (C=O) groups excluding carboxylic acids is 2. The molecule has 4 heteroatoms. The summed E-state index contributed by atoms with van der Waals surface area (Å²) in [4.78, 5) is 22.8. The summed E-state index contributed by atoms with van der Waals surface area (Å²) in [5, 5.41) is 4.11. The first-order valence-electron chi connectivity index (χ1n) is 5.49. The Balaban J connectivity index is 2.76. The Morgan fingerprint density at radius 3 is 2.44 bits per heavy atom. The number of carbonyl (C=O) groups is 2. The van der Waals surface area contributed by atoms with E-state index < -0.39 is 0 Å². The third kappa shape index (κ3) is 3.02. The van der Waals surface area contributed by atoms with Crippen molar-refractivity contribution in [3.05, 3.63) is 18.0 Å². The normalized spacial score (nSPS) is 12.8. The zero-order valence-electron chi connectivity index (χ0n) is 10.2. The maximum Gasteiger partial charge on any atom is 0.169 e. The zero-order chi connectivity index (χ0) is 12.3. The molecular formula is C12H18N2O2. The molecule has 1 atom stereocenters. The molecule has 1 rings (SSSR count). The molecule has 88 valence electrons. The number of ketones is 2. The molecule has 0 aromatic carbocycles. The van der Waals surface area contributed by atoms with Crippen LogP contribution in [0.5, 0.6) is 0 Å². The highest BCUT2D eigenvalue weighted by atomic mass is 16.1. The van der Waals surface area contributed by atoms with Crippen molar-refractivity contribution in [1.29, 1.82) is 0 Å². The van der Waals surface area contributed by atoms with Crippen molar-refractivity contribution in [3.63, 3.8) is 0 Å². The number of aromatic nitrogens is 2. The maximum absolute atomic E-state index is 11.9. The van der Waals surface area contributed by atoms with Crippen LogP contribution in [0.25, 0.3) is 0 Å². The van der Waals surface area contributed by atoms with Gasteiger partial charge in [0.05, 0.1) is 11.8 Å². The Morgan fingerprint density at radius 1 is 1.38 bits per heavy atom. The highest BCUT2D eigenvalue weighted by Gasteiger charge is 2.18. The van der Waals surface area contributed by atoms with Gasteiger partial charge in [-0.1, -0.05) is 6.92 Å². The third-order valence-corrected chi connectivity index (χ3v) is 2.46. The van der Waals surface area contributed by atoms with E-state index in [0.29, 0.717) is 12.0 Å². The summed E-state index contributed by atoms with van der Waals surface area (Å²) in [5.41, 5.74) is 0.586. The second-order valence-corrected chi connectivity index (χ2v) is 4.47. The van der Waals surface area contributed by atoms with Crippen LogP contribution in [-0.4, -0.2) is 21.3 Å². The van der Waals surface area contributed by atoms with Gasteiger partial charge in [-0.15, -0.1) is 0 Å². The van der Waals surface area contributed by atoms with Crippen molar-refractivity contribution >= 4 is 11.6 Å². The molecular weight excluding hydrogens is 204 g/mol. The average Bonchev–Trinajstić information content (AvgIpc) is 2.64. The Morgan fingerprint density at radius 2 is 2.00 bits per heavy atom. The van der Waals surface area contributed by atoms with Crippen molar-refractivity contribution in [3.8, 4) is 0 Å². The van der Waals surface area contributed by atoms with E-state index >= 15 is 0 Å². The lowest BCUT2D eigenvalue weighted by molar-refractivity contribution is -0.117. The highest BCUT2D eigenvalue weighted by Crippen LogP contribution is 2.13. The van der Waals surface area contributed by atoms with Crippen LogP contribution in [0.2, 0.25) is 0 Å². The second kappa shape index (κ2) is 5.05. The largest absolute Gasteiger partial charge is 0.300 e. The highest BCUT2D eigenvalue weighted by molar-refractivity contribution is 5.99. The van der Waals surface area contributed by atoms with E-state index in [0.717, 1.165) is 0 Å². The van der Waals surface area contributed by atoms with Gasteiger partial charge in [-0.25, -0.2) is 0 Å². The molecule has 0 fully saturated rings. The van der Waals surface area contributed by atoms with E-state index in [1.807, 2.05) is 13.8 Å². The summed E-state index contributed by atoms with van der Waals surface area (Å²) in [6, 6.07) is 0.240. The van der Waals surface area contributed by atoms with Crippen LogP contribution in [0.3, 0.4) is 0 Å². The maximum atomic E-state index is 11.9. The molecule has 4 nitrogen and oxygen atoms in total. The molecule has 0 saturated heterocycles. The molecule has 0 amide bonds. The number of nitrogens with zero attached hydrogens (tertiary/aromatic N) is 2. The van der Waals surface area contributed by atoms with E-state index in [2.05, 4.69) is 5.10 Å². The number of hydrogen-bond donors (Lipinski definition) is 0. The van der Waals surface area contributed by atoms with Gasteiger partial charge in [0.25, 0.3) is 0 Å². The lowest BCUT2D eigenvalue weighted by Crippen LogP contribution is -2.14. The van der Waals surface area contributed by atoms with Crippen molar-refractivity contribution in [1.82, 2.24) is 9.78 Å². The van der Waals surface area contributed by atoms with Crippen molar-refractivity contribution in [2.45, 2.75) is 40.2 Å². The van der Waals surface area contributed by atoms with E-state index in [-0.39, 0.29) is 23.5 Å². The first-order valence-corrected chi connectivity index (χ1v) is 5.49. The summed E-state index contributed by atoms with van der Waals surface area (Å²) in [7, 11) is 0. The van der Waals surface area contributed by atoms with E-state index in [4.69, 9.17) is 0 Å². The quantitative estimate of drug-likeness (QED) is 0.718. The topological polar surface area (TPSA) is 52.0 Å². The first-order chi connectivity index (χ1) is 7.41. The lowest BCUT2D eigenvalue weighted by Gasteiger charge is -2.06. The fourth-order valence-electron chi connectivity index (χ4n) is 1.56. The minimum atomic E-state index is -0.262. The zero-order valence-corrected chi connectivity index (χ0v) is 10.2. The predicted molar refractivity (Wildman–Crippen MR) is 61.4 cm³/mol. The predicted octanol–water partition coefficient (Wildman–Crippen LogP) is 2.26. The monoisotopic (exact) mass is 222 g/mol. The van der Waals surface area contributed by atoms with Crippen LogP contribution in [0, 0.1) is 5.92 Å². The molecule has 1 aromatic rings. The summed E-state index contributed by atoms with van der Waals surface area (Å²) in [6.07, 6.45) is 3.61. The van der Waals surface area contributed by atoms with Gasteiger partial charge in [-0.2, -0.15) is 5.10 Å². The third-order valence-electron chi connectivity index (χ3n) is 2.46. The van der Waals surface area contributed by atoms with Gasteiger partial charge < -0.3 is 4.79 Å². The molecule has 1 heterocycles. The average molecular weight is 222 g/mol. The van der Waals surface area contributed by atoms with Crippen LogP contribution >= 0.6 is 0 Å². The molecule has 0 spiro atoms. The molecule has 0 N–H and O–H groups in total. The molecule has 0 saturated carbocycles. The van der Waals surface area contributed by atoms with Crippen LogP contribution < -0.4 is 0 Å². The van der Waals surface area contributed by atoms with Crippen molar-refractivity contribution < 1.29 is 9.59 Å². The number of rotatable bonds is 5. The molecule has 0 aliphatic carbocycles. The molecule has 0 bridgehead atoms. The fourth-order valence-corrected chi connectivity index (χ4v) is 1.56. The van der Waals surface area contributed by atoms with E-state index in [9.17, 15) is 9.59 Å². The summed E-state index contributed by atoms with van der Waals surface area (Å²) in [6.45, 7) is 7.28. The fraction of sp³-hybridized carbons (Fsp3) is 0.583. The SMILES string of the molecule is CC(=O)CC(C)C(=O)c1cnn(C(C)C)c1.